The summed E-state index contributed by atoms with van der Waals surface area (Å²) >= 11 is 0. The number of fused-ring (bicyclic) bond motifs is 1. The molecule has 3 nitrogen and oxygen atoms in total. The van der Waals surface area contributed by atoms with Gasteiger partial charge in [0.2, 0.25) is 0 Å². The second-order valence-electron chi connectivity index (χ2n) is 6.54. The lowest BCUT2D eigenvalue weighted by atomic mass is 10.0. The average molecular weight is 350 g/mol. The molecule has 3 rings (SSSR count). The first-order valence-electron chi connectivity index (χ1n) is 8.79. The van der Waals surface area contributed by atoms with Crippen LogP contribution < -0.4 is 5.73 Å². The van der Waals surface area contributed by atoms with Gasteiger partial charge in [-0.2, -0.15) is 0 Å². The van der Waals surface area contributed by atoms with Gasteiger partial charge in [-0.3, -0.25) is 4.79 Å². The number of nitrogens with two attached hydrogens (primary N) is 1. The summed E-state index contributed by atoms with van der Waals surface area (Å²) in [4.78, 5) is 14.7. The number of hydrogen-bond donors (Lipinski definition) is 1. The van der Waals surface area contributed by atoms with E-state index in [1.54, 1.807) is 24.1 Å². The molecule has 0 spiro atoms. The van der Waals surface area contributed by atoms with E-state index in [1.807, 2.05) is 42.5 Å². The lowest BCUT2D eigenvalue weighted by molar-refractivity contribution is 0.0725. The molecular formula is C22H23FN2O. The van der Waals surface area contributed by atoms with Crippen LogP contribution in [0.15, 0.2) is 66.7 Å². The zero-order valence-corrected chi connectivity index (χ0v) is 14.9. The maximum atomic E-state index is 13.1. The highest BCUT2D eigenvalue weighted by Crippen LogP contribution is 2.19. The minimum atomic E-state index is -0.260. The number of halogens is 1. The molecule has 0 aromatic heterocycles. The summed E-state index contributed by atoms with van der Waals surface area (Å²) in [6.07, 6.45) is 1.33. The molecule has 0 aliphatic carbocycles. The van der Waals surface area contributed by atoms with E-state index >= 15 is 0 Å². The monoisotopic (exact) mass is 350 g/mol. The van der Waals surface area contributed by atoms with Gasteiger partial charge < -0.3 is 10.6 Å². The summed E-state index contributed by atoms with van der Waals surface area (Å²) < 4.78 is 13.1. The molecular weight excluding hydrogens is 327 g/mol. The summed E-state index contributed by atoms with van der Waals surface area (Å²) in [5, 5.41) is 2.15. The van der Waals surface area contributed by atoms with E-state index in [4.69, 9.17) is 5.73 Å². The Morgan fingerprint density at radius 3 is 2.42 bits per heavy atom. The Morgan fingerprint density at radius 2 is 1.73 bits per heavy atom. The van der Waals surface area contributed by atoms with E-state index in [0.29, 0.717) is 24.9 Å². The van der Waals surface area contributed by atoms with Gasteiger partial charge in [-0.25, -0.2) is 4.39 Å². The fourth-order valence-corrected chi connectivity index (χ4v) is 3.21. The van der Waals surface area contributed by atoms with Gasteiger partial charge in [-0.1, -0.05) is 42.5 Å². The lowest BCUT2D eigenvalue weighted by Crippen LogP contribution is -2.39. The lowest BCUT2D eigenvalue weighted by Gasteiger charge is -2.28. The van der Waals surface area contributed by atoms with Crippen LogP contribution in [0.3, 0.4) is 0 Å². The summed E-state index contributed by atoms with van der Waals surface area (Å²) in [7, 11) is 1.81. The van der Waals surface area contributed by atoms with Gasteiger partial charge in [0.05, 0.1) is 0 Å². The molecule has 0 heterocycles. The molecule has 1 atom stereocenters. The normalized spacial score (nSPS) is 12.1. The first-order valence-corrected chi connectivity index (χ1v) is 8.79. The van der Waals surface area contributed by atoms with E-state index in [2.05, 4.69) is 0 Å². The smallest absolute Gasteiger partial charge is 0.253 e. The van der Waals surface area contributed by atoms with Crippen molar-refractivity contribution in [3.8, 4) is 0 Å². The number of benzene rings is 3. The summed E-state index contributed by atoms with van der Waals surface area (Å²) in [5.41, 5.74) is 7.41. The molecule has 134 valence electrons. The Morgan fingerprint density at radius 1 is 1.04 bits per heavy atom. The number of rotatable bonds is 6. The third-order valence-corrected chi connectivity index (χ3v) is 4.75. The highest BCUT2D eigenvalue weighted by molar-refractivity contribution is 5.98. The van der Waals surface area contributed by atoms with Gasteiger partial charge >= 0.3 is 0 Å². The number of likely N-dealkylation sites (N-methyl/N-ethyl adjacent to an activating group) is 1. The molecule has 2 N–H and O–H groups in total. The van der Waals surface area contributed by atoms with Gasteiger partial charge in [0, 0.05) is 18.7 Å². The second-order valence-corrected chi connectivity index (χ2v) is 6.54. The van der Waals surface area contributed by atoms with Crippen molar-refractivity contribution in [3.63, 3.8) is 0 Å². The average Bonchev–Trinajstić information content (AvgIpc) is 2.67. The van der Waals surface area contributed by atoms with Crippen molar-refractivity contribution in [2.24, 2.45) is 5.73 Å². The van der Waals surface area contributed by atoms with Crippen LogP contribution in [0.4, 0.5) is 4.39 Å². The van der Waals surface area contributed by atoms with E-state index in [0.717, 1.165) is 16.3 Å². The molecule has 0 fully saturated rings. The zero-order chi connectivity index (χ0) is 18.5. The van der Waals surface area contributed by atoms with Crippen molar-refractivity contribution in [2.45, 2.75) is 18.9 Å². The van der Waals surface area contributed by atoms with Crippen LogP contribution in [-0.2, 0) is 6.42 Å². The van der Waals surface area contributed by atoms with E-state index in [9.17, 15) is 9.18 Å². The number of carbonyl (C=O) groups is 1. The largest absolute Gasteiger partial charge is 0.338 e. The third-order valence-electron chi connectivity index (χ3n) is 4.75. The molecule has 26 heavy (non-hydrogen) atoms. The fraction of sp³-hybridized carbons (Fsp3) is 0.227. The predicted octanol–water partition coefficient (Wildman–Crippen LogP) is 4.01. The summed E-state index contributed by atoms with van der Waals surface area (Å²) in [6, 6.07) is 20.1. The molecule has 4 heteroatoms. The molecule has 0 unspecified atom stereocenters. The van der Waals surface area contributed by atoms with Crippen molar-refractivity contribution >= 4 is 16.7 Å². The van der Waals surface area contributed by atoms with Gasteiger partial charge in [0.15, 0.2) is 0 Å². The van der Waals surface area contributed by atoms with Crippen LogP contribution >= 0.6 is 0 Å². The molecule has 0 saturated carbocycles. The Kier molecular flexibility index (Phi) is 5.64. The first kappa shape index (κ1) is 18.1. The quantitative estimate of drug-likeness (QED) is 0.730. The Hall–Kier alpha value is -2.72. The van der Waals surface area contributed by atoms with Crippen LogP contribution in [-0.4, -0.2) is 30.4 Å². The number of carbonyl (C=O) groups excluding carboxylic acids is 1. The topological polar surface area (TPSA) is 46.3 Å². The zero-order valence-electron chi connectivity index (χ0n) is 14.9. The highest BCUT2D eigenvalue weighted by Gasteiger charge is 2.21. The van der Waals surface area contributed by atoms with E-state index in [1.165, 1.54) is 12.1 Å². The maximum Gasteiger partial charge on any atom is 0.253 e. The van der Waals surface area contributed by atoms with Crippen molar-refractivity contribution < 1.29 is 9.18 Å². The van der Waals surface area contributed by atoms with Crippen molar-refractivity contribution in [3.05, 3.63) is 83.7 Å². The molecule has 0 aliphatic rings. The molecule has 0 radical (unpaired) electrons. The predicted molar refractivity (Wildman–Crippen MR) is 104 cm³/mol. The Balaban J connectivity index is 1.81. The van der Waals surface area contributed by atoms with Gasteiger partial charge in [-0.15, -0.1) is 0 Å². The first-order chi connectivity index (χ1) is 12.6. The molecule has 3 aromatic carbocycles. The van der Waals surface area contributed by atoms with Crippen LogP contribution in [0.25, 0.3) is 10.8 Å². The molecule has 0 saturated heterocycles. The second kappa shape index (κ2) is 8.11. The summed E-state index contributed by atoms with van der Waals surface area (Å²) in [6.45, 7) is 0.487. The molecule has 0 bridgehead atoms. The van der Waals surface area contributed by atoms with Crippen LogP contribution in [0.1, 0.15) is 22.3 Å². The van der Waals surface area contributed by atoms with Gasteiger partial charge in [0.25, 0.3) is 5.91 Å². The van der Waals surface area contributed by atoms with Crippen LogP contribution in [0.2, 0.25) is 0 Å². The standard InChI is InChI=1S/C22H23FN2O/c1-25(21(12-13-24)14-16-6-10-20(23)11-7-16)22(26)19-9-8-17-4-2-3-5-18(17)15-19/h2-11,15,21H,12-14,24H2,1H3/t21-/m1/s1. The van der Waals surface area contributed by atoms with Crippen LogP contribution in [0.5, 0.6) is 0 Å². The number of nitrogens with zero attached hydrogens (tertiary/aromatic N) is 1. The Labute approximate surface area is 153 Å². The maximum absolute atomic E-state index is 13.1. The minimum Gasteiger partial charge on any atom is -0.338 e. The Bertz CT molecular complexity index is 892. The molecule has 0 aliphatic heterocycles. The van der Waals surface area contributed by atoms with Crippen molar-refractivity contribution in [1.82, 2.24) is 4.90 Å². The molecule has 3 aromatic rings. The SMILES string of the molecule is CN(C(=O)c1ccc2ccccc2c1)[C@H](CCN)Cc1ccc(F)cc1. The molecule has 1 amide bonds. The van der Waals surface area contributed by atoms with Crippen molar-refractivity contribution in [1.29, 1.82) is 0 Å². The number of hydrogen-bond acceptors (Lipinski definition) is 2. The minimum absolute atomic E-state index is 0.0312. The summed E-state index contributed by atoms with van der Waals surface area (Å²) in [5.74, 6) is -0.291. The van der Waals surface area contributed by atoms with E-state index in [-0.39, 0.29) is 17.8 Å². The van der Waals surface area contributed by atoms with Crippen molar-refractivity contribution in [2.75, 3.05) is 13.6 Å². The fourth-order valence-electron chi connectivity index (χ4n) is 3.21. The third kappa shape index (κ3) is 4.09. The van der Waals surface area contributed by atoms with Crippen LogP contribution in [0, 0.1) is 5.82 Å². The van der Waals surface area contributed by atoms with E-state index < -0.39 is 0 Å². The highest BCUT2D eigenvalue weighted by atomic mass is 19.1. The van der Waals surface area contributed by atoms with Gasteiger partial charge in [-0.05, 0) is 60.0 Å². The number of amides is 1. The van der Waals surface area contributed by atoms with Gasteiger partial charge in [0.1, 0.15) is 5.82 Å².